The molecule has 1 amide bonds. The second-order valence-electron chi connectivity index (χ2n) is 8.92. The molecule has 194 valence electrons. The van der Waals surface area contributed by atoms with Gasteiger partial charge < -0.3 is 25.6 Å². The van der Waals surface area contributed by atoms with Crippen molar-refractivity contribution in [2.75, 3.05) is 43.6 Å². The number of fused-ring (bicyclic) bond motifs is 1. The van der Waals surface area contributed by atoms with Gasteiger partial charge in [0.2, 0.25) is 5.91 Å². The van der Waals surface area contributed by atoms with Crippen molar-refractivity contribution < 1.29 is 9.90 Å². The first-order valence-electron chi connectivity index (χ1n) is 12.4. The van der Waals surface area contributed by atoms with Crippen molar-refractivity contribution in [1.82, 2.24) is 20.6 Å². The van der Waals surface area contributed by atoms with E-state index in [-0.39, 0.29) is 5.91 Å². The number of phenols is 1. The number of amides is 1. The number of rotatable bonds is 12. The predicted octanol–water partition coefficient (Wildman–Crippen LogP) is 5.26. The fourth-order valence-corrected chi connectivity index (χ4v) is 7.20. The van der Waals surface area contributed by atoms with Gasteiger partial charge in [-0.25, -0.2) is 4.98 Å². The van der Waals surface area contributed by atoms with Gasteiger partial charge in [0.25, 0.3) is 0 Å². The van der Waals surface area contributed by atoms with Gasteiger partial charge in [-0.2, -0.15) is 0 Å². The van der Waals surface area contributed by atoms with Crippen molar-refractivity contribution >= 4 is 55.8 Å². The van der Waals surface area contributed by atoms with Crippen LogP contribution in [0.2, 0.25) is 0 Å². The smallest absolute Gasteiger partial charge is 0.220 e. The van der Waals surface area contributed by atoms with Gasteiger partial charge in [-0.15, -0.1) is 11.8 Å². The van der Waals surface area contributed by atoms with E-state index in [2.05, 4.69) is 31.8 Å². The standard InChI is InChI=1S/C26H35N5O2S3/c1-27-17-20-19-6-7-21(32)25(24(19)30-26(20)34-2)31-14-9-18(10-15-31)8-13-28-22(33)11-16-35-36-23-5-3-4-12-29-23/h3-7,12,18,27,30,32H,8-11,13-17H2,1-2H3,(H,28,33). The Hall–Kier alpha value is -2.01. The lowest BCUT2D eigenvalue weighted by Crippen LogP contribution is -2.35. The number of carbonyl (C=O) groups excluding carboxylic acids is 1. The molecule has 1 aromatic carbocycles. The Morgan fingerprint density at radius 2 is 2.08 bits per heavy atom. The van der Waals surface area contributed by atoms with E-state index >= 15 is 0 Å². The molecule has 36 heavy (non-hydrogen) atoms. The van der Waals surface area contributed by atoms with Crippen molar-refractivity contribution in [2.45, 2.75) is 42.3 Å². The van der Waals surface area contributed by atoms with E-state index in [0.29, 0.717) is 18.1 Å². The summed E-state index contributed by atoms with van der Waals surface area (Å²) in [5.41, 5.74) is 3.19. The highest BCUT2D eigenvalue weighted by molar-refractivity contribution is 8.76. The fraction of sp³-hybridized carbons (Fsp3) is 0.462. The molecule has 0 bridgehead atoms. The third kappa shape index (κ3) is 6.85. The number of carbonyl (C=O) groups is 1. The van der Waals surface area contributed by atoms with Crippen LogP contribution in [0.1, 0.15) is 31.2 Å². The first-order chi connectivity index (χ1) is 17.6. The van der Waals surface area contributed by atoms with Crippen molar-refractivity contribution in [2.24, 2.45) is 5.92 Å². The molecule has 1 fully saturated rings. The molecule has 10 heteroatoms. The highest BCUT2D eigenvalue weighted by Gasteiger charge is 2.25. The number of aromatic amines is 1. The largest absolute Gasteiger partial charge is 0.506 e. The number of piperidine rings is 1. The number of aromatic nitrogens is 2. The summed E-state index contributed by atoms with van der Waals surface area (Å²) in [5, 5.41) is 20.4. The Morgan fingerprint density at radius 3 is 2.81 bits per heavy atom. The molecule has 1 aliphatic heterocycles. The number of thioether (sulfide) groups is 1. The van der Waals surface area contributed by atoms with E-state index in [1.807, 2.05) is 37.4 Å². The van der Waals surface area contributed by atoms with E-state index in [4.69, 9.17) is 0 Å². The molecule has 1 saturated heterocycles. The number of benzene rings is 1. The van der Waals surface area contributed by atoms with E-state index in [1.54, 1.807) is 39.5 Å². The van der Waals surface area contributed by atoms with Gasteiger partial charge in [0.05, 0.1) is 10.5 Å². The van der Waals surface area contributed by atoms with Crippen LogP contribution in [0.15, 0.2) is 46.6 Å². The second-order valence-corrected chi connectivity index (χ2v) is 12.2. The molecule has 3 aromatic rings. The molecule has 4 rings (SSSR count). The van der Waals surface area contributed by atoms with Crippen molar-refractivity contribution in [1.29, 1.82) is 0 Å². The Bertz CT molecular complexity index is 1130. The van der Waals surface area contributed by atoms with Gasteiger partial charge >= 0.3 is 0 Å². The summed E-state index contributed by atoms with van der Waals surface area (Å²) in [5.74, 6) is 1.80. The topological polar surface area (TPSA) is 93.3 Å². The number of nitrogens with one attached hydrogen (secondary N) is 3. The number of anilines is 1. The van der Waals surface area contributed by atoms with Gasteiger partial charge in [0.15, 0.2) is 0 Å². The first-order valence-corrected chi connectivity index (χ1v) is 15.9. The Kier molecular flexibility index (Phi) is 10.1. The van der Waals surface area contributed by atoms with Crippen molar-refractivity contribution in [3.63, 3.8) is 0 Å². The third-order valence-corrected chi connectivity index (χ3v) is 9.58. The van der Waals surface area contributed by atoms with Crippen LogP contribution in [0.4, 0.5) is 5.69 Å². The van der Waals surface area contributed by atoms with Crippen LogP contribution in [0, 0.1) is 5.92 Å². The summed E-state index contributed by atoms with van der Waals surface area (Å²) in [6, 6.07) is 9.69. The van der Waals surface area contributed by atoms with E-state index in [0.717, 1.165) is 72.5 Å². The number of nitrogens with zero attached hydrogens (tertiary/aromatic N) is 2. The summed E-state index contributed by atoms with van der Waals surface area (Å²) in [6.07, 6.45) is 7.50. The third-order valence-electron chi connectivity index (χ3n) is 6.55. The molecule has 0 aliphatic carbocycles. The maximum Gasteiger partial charge on any atom is 0.220 e. The summed E-state index contributed by atoms with van der Waals surface area (Å²) in [7, 11) is 5.23. The summed E-state index contributed by atoms with van der Waals surface area (Å²) in [4.78, 5) is 22.4. The lowest BCUT2D eigenvalue weighted by molar-refractivity contribution is -0.120. The number of pyridine rings is 1. The zero-order valence-electron chi connectivity index (χ0n) is 20.9. The van der Waals surface area contributed by atoms with E-state index in [1.165, 1.54) is 10.9 Å². The van der Waals surface area contributed by atoms with Crippen LogP contribution in [0.5, 0.6) is 5.75 Å². The average Bonchev–Trinajstić information content (AvgIpc) is 3.25. The normalized spacial score (nSPS) is 14.4. The van der Waals surface area contributed by atoms with Gasteiger partial charge in [-0.1, -0.05) is 16.9 Å². The molecular formula is C26H35N5O2S3. The minimum atomic E-state index is 0.117. The van der Waals surface area contributed by atoms with Gasteiger partial charge in [0, 0.05) is 55.5 Å². The molecule has 0 atom stereocenters. The second kappa shape index (κ2) is 13.5. The maximum absolute atomic E-state index is 12.2. The van der Waals surface area contributed by atoms with Crippen LogP contribution in [-0.4, -0.2) is 59.7 Å². The van der Waals surface area contributed by atoms with E-state index in [9.17, 15) is 9.90 Å². The van der Waals surface area contributed by atoms with E-state index < -0.39 is 0 Å². The van der Waals surface area contributed by atoms with Crippen molar-refractivity contribution in [3.8, 4) is 5.75 Å². The average molecular weight is 546 g/mol. The van der Waals surface area contributed by atoms with Crippen LogP contribution in [0.25, 0.3) is 10.9 Å². The van der Waals surface area contributed by atoms with Crippen molar-refractivity contribution in [3.05, 3.63) is 42.1 Å². The predicted molar refractivity (Wildman–Crippen MR) is 154 cm³/mol. The Labute approximate surface area is 225 Å². The molecule has 4 N–H and O–H groups in total. The number of aromatic hydroxyl groups is 1. The molecule has 0 spiro atoms. The lowest BCUT2D eigenvalue weighted by Gasteiger charge is -2.34. The zero-order chi connectivity index (χ0) is 25.3. The minimum absolute atomic E-state index is 0.117. The zero-order valence-corrected chi connectivity index (χ0v) is 23.3. The number of H-pyrrole nitrogens is 1. The fourth-order valence-electron chi connectivity index (χ4n) is 4.70. The molecule has 0 unspecified atom stereocenters. The summed E-state index contributed by atoms with van der Waals surface area (Å²) < 4.78 is 0. The van der Waals surface area contributed by atoms with Crippen LogP contribution in [-0.2, 0) is 11.3 Å². The number of hydrogen-bond acceptors (Lipinski definition) is 8. The van der Waals surface area contributed by atoms with Crippen LogP contribution in [0.3, 0.4) is 0 Å². The first kappa shape index (κ1) is 27.0. The summed E-state index contributed by atoms with van der Waals surface area (Å²) in [6.45, 7) is 3.32. The SMILES string of the molecule is CNCc1c(SC)[nH]c2c(N3CCC(CCNC(=O)CCSSc4ccccn4)CC3)c(O)ccc12. The van der Waals surface area contributed by atoms with Crippen LogP contribution < -0.4 is 15.5 Å². The molecule has 0 radical (unpaired) electrons. The van der Waals surface area contributed by atoms with Crippen LogP contribution >= 0.6 is 33.3 Å². The number of phenolic OH excluding ortho intramolecular Hbond substituents is 1. The monoisotopic (exact) mass is 545 g/mol. The molecule has 3 heterocycles. The quantitative estimate of drug-likeness (QED) is 0.139. The molecular weight excluding hydrogens is 511 g/mol. The lowest BCUT2D eigenvalue weighted by atomic mass is 9.93. The van der Waals surface area contributed by atoms with Gasteiger partial charge in [0.1, 0.15) is 16.5 Å². The maximum atomic E-state index is 12.2. The molecule has 1 aliphatic rings. The number of hydrogen-bond donors (Lipinski definition) is 4. The Morgan fingerprint density at radius 1 is 1.25 bits per heavy atom. The molecule has 7 nitrogen and oxygen atoms in total. The van der Waals surface area contributed by atoms with Gasteiger partial charge in [-0.05, 0) is 73.5 Å². The highest BCUT2D eigenvalue weighted by Crippen LogP contribution is 2.41. The molecule has 2 aromatic heterocycles. The molecule has 0 saturated carbocycles. The minimum Gasteiger partial charge on any atom is -0.506 e. The summed E-state index contributed by atoms with van der Waals surface area (Å²) >= 11 is 1.70. The van der Waals surface area contributed by atoms with Gasteiger partial charge in [-0.3, -0.25) is 4.79 Å². The highest BCUT2D eigenvalue weighted by atomic mass is 33.1. The Balaban J connectivity index is 1.22.